The number of rotatable bonds is 6. The highest BCUT2D eigenvalue weighted by molar-refractivity contribution is 7.98. The maximum atomic E-state index is 13.0. The maximum absolute atomic E-state index is 13.0. The number of furan rings is 1. The minimum Gasteiger partial charge on any atom is -0.461 e. The molecular formula is C21H20ClN3O2S. The number of hydrogen-bond donors (Lipinski definition) is 1. The van der Waals surface area contributed by atoms with E-state index in [0.717, 1.165) is 17.9 Å². The predicted octanol–water partition coefficient (Wildman–Crippen LogP) is 4.88. The molecule has 1 aliphatic rings. The zero-order chi connectivity index (χ0) is 19.7. The molecule has 2 aromatic heterocycles. The van der Waals surface area contributed by atoms with E-state index < -0.39 is 0 Å². The molecule has 2 heterocycles. The van der Waals surface area contributed by atoms with Gasteiger partial charge in [0.05, 0.1) is 17.5 Å². The normalized spacial score (nSPS) is 14.7. The summed E-state index contributed by atoms with van der Waals surface area (Å²) in [6.07, 6.45) is 5.59. The van der Waals surface area contributed by atoms with Crippen molar-refractivity contribution in [3.63, 3.8) is 0 Å². The summed E-state index contributed by atoms with van der Waals surface area (Å²) in [6.45, 7) is 2.41. The van der Waals surface area contributed by atoms with Gasteiger partial charge in [-0.3, -0.25) is 4.79 Å². The van der Waals surface area contributed by atoms with E-state index >= 15 is 0 Å². The fourth-order valence-corrected chi connectivity index (χ4v) is 4.08. The lowest BCUT2D eigenvalue weighted by atomic mass is 9.96. The summed E-state index contributed by atoms with van der Waals surface area (Å²) < 4.78 is 5.39. The van der Waals surface area contributed by atoms with Crippen LogP contribution < -0.4 is 5.32 Å². The second kappa shape index (κ2) is 7.60. The van der Waals surface area contributed by atoms with Crippen molar-refractivity contribution in [3.05, 3.63) is 64.5 Å². The molecule has 7 heteroatoms. The fourth-order valence-electron chi connectivity index (χ4n) is 3.33. The first-order valence-corrected chi connectivity index (χ1v) is 10.6. The number of aryl methyl sites for hydroxylation is 1. The molecule has 0 unspecified atom stereocenters. The number of halogens is 1. The van der Waals surface area contributed by atoms with Crippen molar-refractivity contribution in [1.29, 1.82) is 0 Å². The van der Waals surface area contributed by atoms with Crippen LogP contribution in [0.15, 0.2) is 52.1 Å². The molecule has 1 amide bonds. The largest absolute Gasteiger partial charge is 0.461 e. The minimum absolute atomic E-state index is 0.00262. The van der Waals surface area contributed by atoms with E-state index in [0.29, 0.717) is 34.4 Å². The molecule has 1 saturated carbocycles. The minimum atomic E-state index is -0.145. The quantitative estimate of drug-likeness (QED) is 0.460. The number of benzene rings is 1. The van der Waals surface area contributed by atoms with Gasteiger partial charge in [-0.15, -0.1) is 11.8 Å². The Morgan fingerprint density at radius 2 is 2.00 bits per heavy atom. The lowest BCUT2D eigenvalue weighted by Gasteiger charge is -2.18. The van der Waals surface area contributed by atoms with Crippen LogP contribution in [0.3, 0.4) is 0 Å². The van der Waals surface area contributed by atoms with E-state index in [4.69, 9.17) is 16.0 Å². The first-order chi connectivity index (χ1) is 13.5. The molecule has 0 bridgehead atoms. The maximum Gasteiger partial charge on any atom is 0.255 e. The lowest BCUT2D eigenvalue weighted by Crippen LogP contribution is -2.33. The van der Waals surface area contributed by atoms with Gasteiger partial charge in [-0.25, -0.2) is 9.97 Å². The van der Waals surface area contributed by atoms with Gasteiger partial charge in [0.25, 0.3) is 5.91 Å². The summed E-state index contributed by atoms with van der Waals surface area (Å²) in [5, 5.41) is 4.46. The van der Waals surface area contributed by atoms with Crippen LogP contribution in [0.4, 0.5) is 0 Å². The molecule has 0 atom stereocenters. The zero-order valence-corrected chi connectivity index (χ0v) is 17.2. The van der Waals surface area contributed by atoms with Crippen LogP contribution in [0.25, 0.3) is 11.6 Å². The Hall–Kier alpha value is -2.31. The van der Waals surface area contributed by atoms with Gasteiger partial charge in [-0.1, -0.05) is 23.7 Å². The summed E-state index contributed by atoms with van der Waals surface area (Å²) in [5.41, 5.74) is 2.38. The number of hydrogen-bond acceptors (Lipinski definition) is 5. The average molecular weight is 414 g/mol. The van der Waals surface area contributed by atoms with Crippen molar-refractivity contribution < 1.29 is 9.21 Å². The smallest absolute Gasteiger partial charge is 0.255 e. The monoisotopic (exact) mass is 413 g/mol. The van der Waals surface area contributed by atoms with Gasteiger partial charge in [0, 0.05) is 17.0 Å². The van der Waals surface area contributed by atoms with Crippen LogP contribution in [0.1, 0.15) is 34.5 Å². The molecule has 1 aliphatic carbocycles. The lowest BCUT2D eigenvalue weighted by molar-refractivity contribution is 0.0945. The van der Waals surface area contributed by atoms with E-state index in [1.165, 1.54) is 17.3 Å². The third-order valence-electron chi connectivity index (χ3n) is 5.12. The standard InChI is InChI=1S/C21H20ClN3O2S/c1-13-17(20(28-2)25-18(24-13)16-4-3-11-27-16)19(26)23-12-21(9-10-21)14-5-7-15(22)8-6-14/h3-8,11H,9-10,12H2,1-2H3,(H,23,26). The van der Waals surface area contributed by atoms with Crippen molar-refractivity contribution in [1.82, 2.24) is 15.3 Å². The predicted molar refractivity (Wildman–Crippen MR) is 111 cm³/mol. The van der Waals surface area contributed by atoms with Crippen molar-refractivity contribution >= 4 is 29.3 Å². The van der Waals surface area contributed by atoms with Crippen LogP contribution in [-0.4, -0.2) is 28.7 Å². The molecule has 3 aromatic rings. The summed E-state index contributed by atoms with van der Waals surface area (Å²) in [6, 6.07) is 11.5. The molecule has 1 N–H and O–H groups in total. The van der Waals surface area contributed by atoms with Gasteiger partial charge in [-0.05, 0) is 55.9 Å². The number of thioether (sulfide) groups is 1. The van der Waals surface area contributed by atoms with Crippen LogP contribution >= 0.6 is 23.4 Å². The van der Waals surface area contributed by atoms with Crippen LogP contribution in [-0.2, 0) is 5.41 Å². The van der Waals surface area contributed by atoms with Crippen molar-refractivity contribution in [2.75, 3.05) is 12.8 Å². The average Bonchev–Trinajstić information content (AvgIpc) is 3.28. The molecular weight excluding hydrogens is 394 g/mol. The second-order valence-corrected chi connectivity index (χ2v) is 8.20. The van der Waals surface area contributed by atoms with E-state index in [9.17, 15) is 4.79 Å². The van der Waals surface area contributed by atoms with Gasteiger partial charge in [0.15, 0.2) is 11.6 Å². The highest BCUT2D eigenvalue weighted by Gasteiger charge is 2.44. The molecule has 4 rings (SSSR count). The number of carbonyl (C=O) groups excluding carboxylic acids is 1. The Morgan fingerprint density at radius 1 is 1.25 bits per heavy atom. The molecule has 5 nitrogen and oxygen atoms in total. The summed E-state index contributed by atoms with van der Waals surface area (Å²) in [4.78, 5) is 22.0. The molecule has 0 aliphatic heterocycles. The number of nitrogens with one attached hydrogen (secondary N) is 1. The van der Waals surface area contributed by atoms with Gasteiger partial charge >= 0.3 is 0 Å². The fraction of sp³-hybridized carbons (Fsp3) is 0.286. The van der Waals surface area contributed by atoms with Crippen molar-refractivity contribution in [2.45, 2.75) is 30.2 Å². The SMILES string of the molecule is CSc1nc(-c2ccco2)nc(C)c1C(=O)NCC1(c2ccc(Cl)cc2)CC1. The first kappa shape index (κ1) is 19.0. The van der Waals surface area contributed by atoms with E-state index in [2.05, 4.69) is 15.3 Å². The van der Waals surface area contributed by atoms with Gasteiger partial charge in [0.2, 0.25) is 0 Å². The first-order valence-electron chi connectivity index (χ1n) is 9.03. The van der Waals surface area contributed by atoms with E-state index in [1.54, 1.807) is 12.3 Å². The van der Waals surface area contributed by atoms with Gasteiger partial charge in [-0.2, -0.15) is 0 Å². The molecule has 0 saturated heterocycles. The molecule has 28 heavy (non-hydrogen) atoms. The Labute approximate surface area is 172 Å². The Balaban J connectivity index is 1.54. The van der Waals surface area contributed by atoms with Gasteiger partial charge < -0.3 is 9.73 Å². The Kier molecular flexibility index (Phi) is 5.17. The zero-order valence-electron chi connectivity index (χ0n) is 15.7. The van der Waals surface area contributed by atoms with E-state index in [-0.39, 0.29) is 11.3 Å². The Bertz CT molecular complexity index is 999. The third-order valence-corrected chi connectivity index (χ3v) is 6.05. The molecule has 1 fully saturated rings. The van der Waals surface area contributed by atoms with Crippen LogP contribution in [0, 0.1) is 6.92 Å². The highest BCUT2D eigenvalue weighted by atomic mass is 35.5. The van der Waals surface area contributed by atoms with E-state index in [1.807, 2.05) is 43.5 Å². The number of aromatic nitrogens is 2. The second-order valence-electron chi connectivity index (χ2n) is 6.96. The number of nitrogens with zero attached hydrogens (tertiary/aromatic N) is 2. The van der Waals surface area contributed by atoms with Crippen molar-refractivity contribution in [3.8, 4) is 11.6 Å². The highest BCUT2D eigenvalue weighted by Crippen LogP contribution is 2.47. The molecule has 0 radical (unpaired) electrons. The number of amides is 1. The summed E-state index contributed by atoms with van der Waals surface area (Å²) >= 11 is 7.43. The topological polar surface area (TPSA) is 68.0 Å². The summed E-state index contributed by atoms with van der Waals surface area (Å²) in [5.74, 6) is 0.932. The van der Waals surface area contributed by atoms with Gasteiger partial charge in [0.1, 0.15) is 5.03 Å². The molecule has 144 valence electrons. The summed E-state index contributed by atoms with van der Waals surface area (Å²) in [7, 11) is 0. The Morgan fingerprint density at radius 3 is 2.61 bits per heavy atom. The molecule has 0 spiro atoms. The third kappa shape index (κ3) is 3.66. The number of carbonyl (C=O) groups is 1. The van der Waals surface area contributed by atoms with Crippen molar-refractivity contribution in [2.24, 2.45) is 0 Å². The van der Waals surface area contributed by atoms with Crippen LogP contribution in [0.2, 0.25) is 5.02 Å². The van der Waals surface area contributed by atoms with Crippen LogP contribution in [0.5, 0.6) is 0 Å². The molecule has 1 aromatic carbocycles.